The highest BCUT2D eigenvalue weighted by atomic mass is 16.4. The normalized spacial score (nSPS) is 13.4. The standard InChI is InChI=1S/C8H16N2O4/c1-8(2,4-9)7(14)10-3-5(11)6(12)13/h5,11H,3-4,9H2,1-2H3,(H,10,14)(H,12,13)/t5-/m0/s1. The van der Waals surface area contributed by atoms with Crippen molar-refractivity contribution in [1.82, 2.24) is 5.32 Å². The molecule has 0 heterocycles. The summed E-state index contributed by atoms with van der Waals surface area (Å²) >= 11 is 0. The van der Waals surface area contributed by atoms with E-state index < -0.39 is 17.5 Å². The van der Waals surface area contributed by atoms with Gasteiger partial charge in [0.2, 0.25) is 5.91 Å². The molecule has 0 unspecified atom stereocenters. The third-order valence-corrected chi connectivity index (χ3v) is 1.87. The summed E-state index contributed by atoms with van der Waals surface area (Å²) in [6.45, 7) is 3.12. The summed E-state index contributed by atoms with van der Waals surface area (Å²) < 4.78 is 0. The Labute approximate surface area is 82.1 Å². The molecule has 0 aliphatic rings. The Hall–Kier alpha value is -1.14. The van der Waals surface area contributed by atoms with E-state index in [-0.39, 0.29) is 19.0 Å². The molecule has 0 aromatic carbocycles. The summed E-state index contributed by atoms with van der Waals surface area (Å²) in [6, 6.07) is 0. The van der Waals surface area contributed by atoms with Gasteiger partial charge in [0.15, 0.2) is 6.10 Å². The second-order valence-corrected chi connectivity index (χ2v) is 3.65. The van der Waals surface area contributed by atoms with Crippen LogP contribution in [-0.4, -0.2) is 41.3 Å². The molecule has 0 aromatic heterocycles. The van der Waals surface area contributed by atoms with Gasteiger partial charge in [-0.25, -0.2) is 4.79 Å². The van der Waals surface area contributed by atoms with Crippen LogP contribution >= 0.6 is 0 Å². The van der Waals surface area contributed by atoms with Crippen LogP contribution < -0.4 is 11.1 Å². The molecule has 0 bridgehead atoms. The Bertz CT molecular complexity index is 227. The molecule has 1 amide bonds. The number of nitrogens with two attached hydrogens (primary N) is 1. The maximum Gasteiger partial charge on any atom is 0.334 e. The molecule has 0 rings (SSSR count). The summed E-state index contributed by atoms with van der Waals surface area (Å²) in [4.78, 5) is 21.5. The highest BCUT2D eigenvalue weighted by molar-refractivity contribution is 5.82. The SMILES string of the molecule is CC(C)(CN)C(=O)NC[C@H](O)C(=O)O. The Kier molecular flexibility index (Phi) is 4.52. The number of carbonyl (C=O) groups is 2. The van der Waals surface area contributed by atoms with Crippen LogP contribution in [0.2, 0.25) is 0 Å². The first-order chi connectivity index (χ1) is 6.31. The minimum Gasteiger partial charge on any atom is -0.479 e. The molecule has 0 spiro atoms. The van der Waals surface area contributed by atoms with Crippen LogP contribution in [-0.2, 0) is 9.59 Å². The lowest BCUT2D eigenvalue weighted by atomic mass is 9.93. The van der Waals surface area contributed by atoms with Gasteiger partial charge in [-0.05, 0) is 13.8 Å². The van der Waals surface area contributed by atoms with E-state index in [1.807, 2.05) is 0 Å². The van der Waals surface area contributed by atoms with Gasteiger partial charge in [0.25, 0.3) is 0 Å². The highest BCUT2D eigenvalue weighted by Gasteiger charge is 2.26. The van der Waals surface area contributed by atoms with Gasteiger partial charge in [-0.3, -0.25) is 4.79 Å². The fraction of sp³-hybridized carbons (Fsp3) is 0.750. The first kappa shape index (κ1) is 12.9. The summed E-state index contributed by atoms with van der Waals surface area (Å²) in [5.41, 5.74) is 4.58. The van der Waals surface area contributed by atoms with E-state index in [1.165, 1.54) is 0 Å². The number of aliphatic carboxylic acids is 1. The number of amides is 1. The molecule has 0 aliphatic heterocycles. The number of aliphatic hydroxyl groups is 1. The molecule has 0 radical (unpaired) electrons. The Morgan fingerprint density at radius 2 is 2.00 bits per heavy atom. The topological polar surface area (TPSA) is 113 Å². The summed E-state index contributed by atoms with van der Waals surface area (Å²) in [7, 11) is 0. The van der Waals surface area contributed by atoms with Gasteiger partial charge >= 0.3 is 5.97 Å². The van der Waals surface area contributed by atoms with Crippen molar-refractivity contribution >= 4 is 11.9 Å². The van der Waals surface area contributed by atoms with Gasteiger partial charge in [-0.15, -0.1) is 0 Å². The lowest BCUT2D eigenvalue weighted by molar-refractivity contribution is -0.146. The number of nitrogens with one attached hydrogen (secondary N) is 1. The van der Waals surface area contributed by atoms with E-state index in [4.69, 9.17) is 15.9 Å². The number of rotatable bonds is 5. The third-order valence-electron chi connectivity index (χ3n) is 1.87. The number of hydrogen-bond acceptors (Lipinski definition) is 4. The molecule has 0 aromatic rings. The first-order valence-corrected chi connectivity index (χ1v) is 4.20. The zero-order valence-corrected chi connectivity index (χ0v) is 8.28. The monoisotopic (exact) mass is 204 g/mol. The summed E-state index contributed by atoms with van der Waals surface area (Å²) in [5, 5.41) is 19.5. The number of carbonyl (C=O) groups excluding carboxylic acids is 1. The molecule has 0 saturated heterocycles. The van der Waals surface area contributed by atoms with Crippen molar-refractivity contribution in [2.24, 2.45) is 11.1 Å². The highest BCUT2D eigenvalue weighted by Crippen LogP contribution is 2.11. The van der Waals surface area contributed by atoms with E-state index >= 15 is 0 Å². The van der Waals surface area contributed by atoms with Crippen molar-refractivity contribution in [3.63, 3.8) is 0 Å². The van der Waals surface area contributed by atoms with E-state index in [0.29, 0.717) is 0 Å². The van der Waals surface area contributed by atoms with Crippen LogP contribution in [0.1, 0.15) is 13.8 Å². The Morgan fingerprint density at radius 3 is 2.36 bits per heavy atom. The van der Waals surface area contributed by atoms with Crippen LogP contribution in [0.5, 0.6) is 0 Å². The van der Waals surface area contributed by atoms with Crippen LogP contribution in [0.3, 0.4) is 0 Å². The molecule has 0 fully saturated rings. The predicted molar refractivity (Wildman–Crippen MR) is 49.5 cm³/mol. The molecule has 0 aliphatic carbocycles. The summed E-state index contributed by atoms with van der Waals surface area (Å²) in [6.07, 6.45) is -1.58. The maximum atomic E-state index is 11.3. The number of carboxylic acids is 1. The molecule has 6 heteroatoms. The van der Waals surface area contributed by atoms with Gasteiger partial charge in [-0.2, -0.15) is 0 Å². The van der Waals surface area contributed by atoms with Crippen molar-refractivity contribution in [2.45, 2.75) is 20.0 Å². The summed E-state index contributed by atoms with van der Waals surface area (Å²) in [5.74, 6) is -1.74. The minimum atomic E-state index is -1.58. The fourth-order valence-electron chi connectivity index (χ4n) is 0.609. The van der Waals surface area contributed by atoms with Crippen LogP contribution in [0.15, 0.2) is 0 Å². The number of carboxylic acid groups (broad SMARTS) is 1. The van der Waals surface area contributed by atoms with Gasteiger partial charge in [0.1, 0.15) is 0 Å². The molecule has 6 nitrogen and oxygen atoms in total. The van der Waals surface area contributed by atoms with Crippen molar-refractivity contribution < 1.29 is 19.8 Å². The van der Waals surface area contributed by atoms with Crippen LogP contribution in [0.25, 0.3) is 0 Å². The Balaban J connectivity index is 4.03. The molecular formula is C8H16N2O4. The first-order valence-electron chi connectivity index (χ1n) is 4.20. The van der Waals surface area contributed by atoms with Crippen LogP contribution in [0.4, 0.5) is 0 Å². The van der Waals surface area contributed by atoms with Gasteiger partial charge in [-0.1, -0.05) is 0 Å². The van der Waals surface area contributed by atoms with Gasteiger partial charge in [0.05, 0.1) is 12.0 Å². The zero-order valence-electron chi connectivity index (χ0n) is 8.28. The zero-order chi connectivity index (χ0) is 11.4. The van der Waals surface area contributed by atoms with Gasteiger partial charge < -0.3 is 21.3 Å². The van der Waals surface area contributed by atoms with E-state index in [1.54, 1.807) is 13.8 Å². The van der Waals surface area contributed by atoms with E-state index in [2.05, 4.69) is 5.32 Å². The molecule has 14 heavy (non-hydrogen) atoms. The third kappa shape index (κ3) is 3.71. The predicted octanol–water partition coefficient (Wildman–Crippen LogP) is -1.47. The number of aliphatic hydroxyl groups excluding tert-OH is 1. The Morgan fingerprint density at radius 1 is 1.50 bits per heavy atom. The number of hydrogen-bond donors (Lipinski definition) is 4. The van der Waals surface area contributed by atoms with Crippen molar-refractivity contribution in [3.05, 3.63) is 0 Å². The minimum absolute atomic E-state index is 0.155. The molecule has 1 atom stereocenters. The second-order valence-electron chi connectivity index (χ2n) is 3.65. The van der Waals surface area contributed by atoms with Crippen molar-refractivity contribution in [3.8, 4) is 0 Å². The van der Waals surface area contributed by atoms with E-state index in [0.717, 1.165) is 0 Å². The van der Waals surface area contributed by atoms with E-state index in [9.17, 15) is 9.59 Å². The quantitative estimate of drug-likeness (QED) is 0.437. The average molecular weight is 204 g/mol. The fourth-order valence-corrected chi connectivity index (χ4v) is 0.609. The molecular weight excluding hydrogens is 188 g/mol. The maximum absolute atomic E-state index is 11.3. The van der Waals surface area contributed by atoms with Crippen LogP contribution in [0, 0.1) is 5.41 Å². The second kappa shape index (κ2) is 4.92. The van der Waals surface area contributed by atoms with Gasteiger partial charge in [0, 0.05) is 6.54 Å². The molecule has 82 valence electrons. The van der Waals surface area contributed by atoms with Crippen molar-refractivity contribution in [2.75, 3.05) is 13.1 Å². The smallest absolute Gasteiger partial charge is 0.334 e. The van der Waals surface area contributed by atoms with Crippen molar-refractivity contribution in [1.29, 1.82) is 0 Å². The lowest BCUT2D eigenvalue weighted by Crippen LogP contribution is -2.45. The average Bonchev–Trinajstić information content (AvgIpc) is 2.13. The molecule has 5 N–H and O–H groups in total. The lowest BCUT2D eigenvalue weighted by Gasteiger charge is -2.21. The largest absolute Gasteiger partial charge is 0.479 e. The molecule has 0 saturated carbocycles.